The first-order valence-corrected chi connectivity index (χ1v) is 8.66. The van der Waals surface area contributed by atoms with Gasteiger partial charge in [-0.15, -0.1) is 0 Å². The molecule has 6 nitrogen and oxygen atoms in total. The Hall–Kier alpha value is -2.24. The third kappa shape index (κ3) is 6.48. The quantitative estimate of drug-likeness (QED) is 0.366. The molecule has 1 fully saturated rings. The molecule has 24 heavy (non-hydrogen) atoms. The van der Waals surface area contributed by atoms with Crippen LogP contribution in [0.3, 0.4) is 0 Å². The fourth-order valence-corrected chi connectivity index (χ4v) is 2.32. The first kappa shape index (κ1) is 18.1. The van der Waals surface area contributed by atoms with Crippen molar-refractivity contribution in [2.24, 2.45) is 4.99 Å². The average Bonchev–Trinajstić information content (AvgIpc) is 3.40. The number of guanidine groups is 1. The van der Waals surface area contributed by atoms with Crippen LogP contribution in [0.2, 0.25) is 0 Å². The molecule has 1 aliphatic rings. The van der Waals surface area contributed by atoms with Crippen LogP contribution in [0.1, 0.15) is 38.2 Å². The van der Waals surface area contributed by atoms with Crippen LogP contribution >= 0.6 is 0 Å². The smallest absolute Gasteiger partial charge is 0.220 e. The molecule has 0 aromatic heterocycles. The number of carbonyl (C=O) groups excluding carboxylic acids is 1. The number of methoxy groups -OCH3 is 1. The van der Waals surface area contributed by atoms with Crippen LogP contribution < -0.4 is 20.7 Å². The second-order valence-electron chi connectivity index (χ2n) is 5.88. The summed E-state index contributed by atoms with van der Waals surface area (Å²) in [5, 5.41) is 9.49. The number of hydrogen-bond acceptors (Lipinski definition) is 3. The average molecular weight is 332 g/mol. The van der Waals surface area contributed by atoms with Gasteiger partial charge in [0.25, 0.3) is 0 Å². The highest BCUT2D eigenvalue weighted by Crippen LogP contribution is 2.19. The molecule has 1 aromatic rings. The molecule has 0 saturated heterocycles. The van der Waals surface area contributed by atoms with Gasteiger partial charge in [-0.25, -0.2) is 4.99 Å². The second kappa shape index (κ2) is 9.80. The SMILES string of the molecule is CCNC(=NCc1ccccc1OC)NCCCC(=O)NC1CC1. The number of para-hydroxylation sites is 1. The molecule has 1 amide bonds. The summed E-state index contributed by atoms with van der Waals surface area (Å²) in [6.07, 6.45) is 3.60. The maximum absolute atomic E-state index is 11.6. The predicted molar refractivity (Wildman–Crippen MR) is 96.2 cm³/mol. The maximum atomic E-state index is 11.6. The van der Waals surface area contributed by atoms with E-state index in [1.807, 2.05) is 31.2 Å². The van der Waals surface area contributed by atoms with Crippen LogP contribution in [0.15, 0.2) is 29.3 Å². The molecule has 0 aliphatic heterocycles. The predicted octanol–water partition coefficient (Wildman–Crippen LogP) is 1.81. The number of aliphatic imine (C=N–C) groups is 1. The third-order valence-corrected chi connectivity index (χ3v) is 3.76. The Balaban J connectivity index is 1.76. The molecule has 6 heteroatoms. The van der Waals surface area contributed by atoms with Crippen molar-refractivity contribution in [3.8, 4) is 5.75 Å². The molecule has 0 unspecified atom stereocenters. The number of ether oxygens (including phenoxy) is 1. The van der Waals surface area contributed by atoms with E-state index in [0.717, 1.165) is 49.6 Å². The number of benzene rings is 1. The zero-order chi connectivity index (χ0) is 17.2. The molecule has 0 radical (unpaired) electrons. The van der Waals surface area contributed by atoms with Crippen LogP contribution in [0, 0.1) is 0 Å². The number of carbonyl (C=O) groups is 1. The zero-order valence-corrected chi connectivity index (χ0v) is 14.6. The van der Waals surface area contributed by atoms with E-state index in [9.17, 15) is 4.79 Å². The highest BCUT2D eigenvalue weighted by molar-refractivity contribution is 5.80. The fraction of sp³-hybridized carbons (Fsp3) is 0.556. The van der Waals surface area contributed by atoms with Crippen molar-refractivity contribution in [1.82, 2.24) is 16.0 Å². The second-order valence-corrected chi connectivity index (χ2v) is 5.88. The number of hydrogen-bond donors (Lipinski definition) is 3. The Labute approximate surface area is 144 Å². The van der Waals surface area contributed by atoms with Crippen LogP contribution in [0.25, 0.3) is 0 Å². The summed E-state index contributed by atoms with van der Waals surface area (Å²) < 4.78 is 5.34. The van der Waals surface area contributed by atoms with E-state index >= 15 is 0 Å². The minimum absolute atomic E-state index is 0.148. The number of rotatable bonds is 9. The van der Waals surface area contributed by atoms with Crippen molar-refractivity contribution in [3.05, 3.63) is 29.8 Å². The minimum atomic E-state index is 0.148. The Bertz CT molecular complexity index is 556. The molecule has 1 aliphatic carbocycles. The molecule has 0 bridgehead atoms. The Kier molecular flexibility index (Phi) is 7.39. The van der Waals surface area contributed by atoms with E-state index in [2.05, 4.69) is 20.9 Å². The van der Waals surface area contributed by atoms with Crippen LogP contribution in [0.5, 0.6) is 5.75 Å². The van der Waals surface area contributed by atoms with Crippen LogP contribution in [-0.2, 0) is 11.3 Å². The summed E-state index contributed by atoms with van der Waals surface area (Å²) in [6, 6.07) is 8.30. The van der Waals surface area contributed by atoms with Gasteiger partial charge >= 0.3 is 0 Å². The van der Waals surface area contributed by atoms with E-state index in [-0.39, 0.29) is 5.91 Å². The van der Waals surface area contributed by atoms with E-state index in [1.54, 1.807) is 7.11 Å². The molecular weight excluding hydrogens is 304 g/mol. The lowest BCUT2D eigenvalue weighted by atomic mass is 10.2. The maximum Gasteiger partial charge on any atom is 0.220 e. The van der Waals surface area contributed by atoms with Gasteiger partial charge in [0.15, 0.2) is 5.96 Å². The van der Waals surface area contributed by atoms with Crippen molar-refractivity contribution < 1.29 is 9.53 Å². The van der Waals surface area contributed by atoms with Gasteiger partial charge in [0.05, 0.1) is 13.7 Å². The normalized spacial score (nSPS) is 14.2. The summed E-state index contributed by atoms with van der Waals surface area (Å²) in [7, 11) is 1.67. The van der Waals surface area contributed by atoms with E-state index < -0.39 is 0 Å². The molecule has 2 rings (SSSR count). The summed E-state index contributed by atoms with van der Waals surface area (Å²) in [4.78, 5) is 16.2. The molecule has 132 valence electrons. The van der Waals surface area contributed by atoms with E-state index in [1.165, 1.54) is 0 Å². The first-order chi connectivity index (χ1) is 11.7. The Morgan fingerprint density at radius 2 is 2.08 bits per heavy atom. The van der Waals surface area contributed by atoms with E-state index in [0.29, 0.717) is 19.0 Å². The van der Waals surface area contributed by atoms with Gasteiger partial charge in [-0.3, -0.25) is 4.79 Å². The van der Waals surface area contributed by atoms with Crippen molar-refractivity contribution >= 4 is 11.9 Å². The van der Waals surface area contributed by atoms with E-state index in [4.69, 9.17) is 4.74 Å². The molecule has 1 saturated carbocycles. The van der Waals surface area contributed by atoms with Crippen molar-refractivity contribution in [1.29, 1.82) is 0 Å². The van der Waals surface area contributed by atoms with Crippen molar-refractivity contribution in [2.45, 2.75) is 45.2 Å². The van der Waals surface area contributed by atoms with Crippen molar-refractivity contribution in [3.63, 3.8) is 0 Å². The Morgan fingerprint density at radius 1 is 1.29 bits per heavy atom. The van der Waals surface area contributed by atoms with Gasteiger partial charge < -0.3 is 20.7 Å². The number of nitrogens with one attached hydrogen (secondary N) is 3. The lowest BCUT2D eigenvalue weighted by molar-refractivity contribution is -0.121. The molecule has 1 aromatic carbocycles. The number of nitrogens with zero attached hydrogens (tertiary/aromatic N) is 1. The van der Waals surface area contributed by atoms with Crippen molar-refractivity contribution in [2.75, 3.05) is 20.2 Å². The Morgan fingerprint density at radius 3 is 2.79 bits per heavy atom. The molecule has 0 spiro atoms. The number of amides is 1. The first-order valence-electron chi connectivity index (χ1n) is 8.66. The summed E-state index contributed by atoms with van der Waals surface area (Å²) in [5.41, 5.74) is 1.04. The van der Waals surface area contributed by atoms with Gasteiger partial charge in [-0.2, -0.15) is 0 Å². The van der Waals surface area contributed by atoms with Crippen LogP contribution in [0.4, 0.5) is 0 Å². The largest absolute Gasteiger partial charge is 0.496 e. The molecule has 3 N–H and O–H groups in total. The molecule has 0 heterocycles. The zero-order valence-electron chi connectivity index (χ0n) is 14.6. The topological polar surface area (TPSA) is 74.8 Å². The summed E-state index contributed by atoms with van der Waals surface area (Å²) in [5.74, 6) is 1.75. The van der Waals surface area contributed by atoms with Gasteiger partial charge in [-0.1, -0.05) is 18.2 Å². The summed E-state index contributed by atoms with van der Waals surface area (Å²) >= 11 is 0. The van der Waals surface area contributed by atoms with Gasteiger partial charge in [0.2, 0.25) is 5.91 Å². The minimum Gasteiger partial charge on any atom is -0.496 e. The fourth-order valence-electron chi connectivity index (χ4n) is 2.32. The lowest BCUT2D eigenvalue weighted by Crippen LogP contribution is -2.38. The lowest BCUT2D eigenvalue weighted by Gasteiger charge is -2.12. The molecule has 0 atom stereocenters. The van der Waals surface area contributed by atoms with Gasteiger partial charge in [0.1, 0.15) is 5.75 Å². The van der Waals surface area contributed by atoms with Crippen LogP contribution in [-0.4, -0.2) is 38.1 Å². The monoisotopic (exact) mass is 332 g/mol. The third-order valence-electron chi connectivity index (χ3n) is 3.76. The van der Waals surface area contributed by atoms with Gasteiger partial charge in [0, 0.05) is 31.1 Å². The summed E-state index contributed by atoms with van der Waals surface area (Å²) in [6.45, 7) is 4.08. The highest BCUT2D eigenvalue weighted by Gasteiger charge is 2.22. The molecular formula is C18H28N4O2. The highest BCUT2D eigenvalue weighted by atomic mass is 16.5. The standard InChI is InChI=1S/C18H28N4O2/c1-3-19-18(20-12-6-9-17(23)22-15-10-11-15)21-13-14-7-4-5-8-16(14)24-2/h4-5,7-8,15H,3,6,9-13H2,1-2H3,(H,22,23)(H2,19,20,21). The van der Waals surface area contributed by atoms with Gasteiger partial charge in [-0.05, 0) is 32.3 Å².